The first-order valence-electron chi connectivity index (χ1n) is 5.72. The van der Waals surface area contributed by atoms with Crippen LogP contribution in [0, 0.1) is 0 Å². The molecule has 0 saturated heterocycles. The third kappa shape index (κ3) is 3.02. The second-order valence-electron chi connectivity index (χ2n) is 4.16. The maximum Gasteiger partial charge on any atom is 0.246 e. The number of aromatic amines is 1. The van der Waals surface area contributed by atoms with Crippen LogP contribution in [0.4, 0.5) is 0 Å². The van der Waals surface area contributed by atoms with Crippen LogP contribution in [0.5, 0.6) is 5.75 Å². The molecule has 1 aromatic carbocycles. The maximum absolute atomic E-state index is 12.6. The molecule has 1 N–H and O–H groups in total. The second-order valence-corrected chi connectivity index (χ2v) is 7.09. The number of ether oxygens (including phenoxy) is 1. The van der Waals surface area contributed by atoms with Crippen molar-refractivity contribution in [3.8, 4) is 5.75 Å². The summed E-state index contributed by atoms with van der Waals surface area (Å²) in [5, 5.41) is 6.45. The molecule has 6 nitrogen and oxygen atoms in total. The molecule has 0 spiro atoms. The summed E-state index contributed by atoms with van der Waals surface area (Å²) >= 11 is 3.27. The SMILES string of the molecule is COc1ccc(Br)cc1S(=O)(=O)N(C)Cc1cn[nH]c1. The summed E-state index contributed by atoms with van der Waals surface area (Å²) < 4.78 is 32.2. The van der Waals surface area contributed by atoms with Gasteiger partial charge in [-0.05, 0) is 18.2 Å². The van der Waals surface area contributed by atoms with Crippen molar-refractivity contribution < 1.29 is 13.2 Å². The van der Waals surface area contributed by atoms with Crippen LogP contribution < -0.4 is 4.74 Å². The van der Waals surface area contributed by atoms with Gasteiger partial charge in [-0.25, -0.2) is 8.42 Å². The Bertz CT molecular complexity index is 686. The number of aromatic nitrogens is 2. The fraction of sp³-hybridized carbons (Fsp3) is 0.250. The minimum atomic E-state index is -3.64. The summed E-state index contributed by atoms with van der Waals surface area (Å²) in [5.41, 5.74) is 0.782. The molecule has 108 valence electrons. The van der Waals surface area contributed by atoms with Gasteiger partial charge in [0.25, 0.3) is 0 Å². The molecule has 0 bridgehead atoms. The Morgan fingerprint density at radius 3 is 2.80 bits per heavy atom. The minimum absolute atomic E-state index is 0.125. The number of H-pyrrole nitrogens is 1. The quantitative estimate of drug-likeness (QED) is 0.885. The van der Waals surface area contributed by atoms with Crippen molar-refractivity contribution in [3.63, 3.8) is 0 Å². The Hall–Kier alpha value is -1.38. The average molecular weight is 360 g/mol. The molecule has 0 aliphatic rings. The lowest BCUT2D eigenvalue weighted by atomic mass is 10.3. The Balaban J connectivity index is 2.36. The minimum Gasteiger partial charge on any atom is -0.495 e. The molecule has 0 saturated carbocycles. The lowest BCUT2D eigenvalue weighted by Gasteiger charge is -2.18. The zero-order valence-electron chi connectivity index (χ0n) is 11.0. The molecule has 1 heterocycles. The monoisotopic (exact) mass is 359 g/mol. The molecule has 2 rings (SSSR count). The van der Waals surface area contributed by atoms with E-state index in [1.807, 2.05) is 0 Å². The fourth-order valence-electron chi connectivity index (χ4n) is 1.73. The summed E-state index contributed by atoms with van der Waals surface area (Å²) in [6.07, 6.45) is 3.24. The number of methoxy groups -OCH3 is 1. The first kappa shape index (κ1) is 15.0. The molecule has 0 amide bonds. The zero-order valence-corrected chi connectivity index (χ0v) is 13.4. The van der Waals surface area contributed by atoms with Gasteiger partial charge >= 0.3 is 0 Å². The Morgan fingerprint density at radius 2 is 2.20 bits per heavy atom. The van der Waals surface area contributed by atoms with Crippen LogP contribution in [0.25, 0.3) is 0 Å². The number of nitrogens with one attached hydrogen (secondary N) is 1. The van der Waals surface area contributed by atoms with Gasteiger partial charge in [0.05, 0.1) is 13.3 Å². The molecular formula is C12H14BrN3O3S. The summed E-state index contributed by atoms with van der Waals surface area (Å²) in [6.45, 7) is 0.231. The standard InChI is InChI=1S/C12H14BrN3O3S/c1-16(8-9-6-14-15-7-9)20(17,18)12-5-10(13)3-4-11(12)19-2/h3-7H,8H2,1-2H3,(H,14,15). The van der Waals surface area contributed by atoms with E-state index >= 15 is 0 Å². The average Bonchev–Trinajstić information content (AvgIpc) is 2.91. The molecule has 1 aromatic heterocycles. The lowest BCUT2D eigenvalue weighted by molar-refractivity contribution is 0.397. The van der Waals surface area contributed by atoms with Crippen LogP contribution in [0.15, 0.2) is 40.0 Å². The Kier molecular flexibility index (Phi) is 4.46. The van der Waals surface area contributed by atoms with Gasteiger partial charge in [-0.15, -0.1) is 0 Å². The van der Waals surface area contributed by atoms with E-state index in [4.69, 9.17) is 4.74 Å². The number of nitrogens with zero attached hydrogens (tertiary/aromatic N) is 2. The van der Waals surface area contributed by atoms with Gasteiger partial charge in [-0.2, -0.15) is 9.40 Å². The summed E-state index contributed by atoms with van der Waals surface area (Å²) in [5.74, 6) is 0.312. The van der Waals surface area contributed by atoms with Gasteiger partial charge in [0, 0.05) is 29.8 Å². The highest BCUT2D eigenvalue weighted by Crippen LogP contribution is 2.29. The van der Waals surface area contributed by atoms with E-state index < -0.39 is 10.0 Å². The molecule has 0 unspecified atom stereocenters. The summed E-state index contributed by atoms with van der Waals surface area (Å²) in [4.78, 5) is 0.125. The van der Waals surface area contributed by atoms with Crippen molar-refractivity contribution in [2.75, 3.05) is 14.2 Å². The number of hydrogen-bond donors (Lipinski definition) is 1. The number of hydrogen-bond acceptors (Lipinski definition) is 4. The van der Waals surface area contributed by atoms with E-state index in [9.17, 15) is 8.42 Å². The first-order chi connectivity index (χ1) is 9.45. The molecule has 2 aromatic rings. The van der Waals surface area contributed by atoms with Crippen LogP contribution in [-0.4, -0.2) is 37.1 Å². The van der Waals surface area contributed by atoms with Crippen LogP contribution in [0.2, 0.25) is 0 Å². The third-order valence-corrected chi connectivity index (χ3v) is 5.09. The predicted octanol–water partition coefficient (Wildman–Crippen LogP) is 2.00. The number of rotatable bonds is 5. The molecule has 0 fully saturated rings. The van der Waals surface area contributed by atoms with Gasteiger partial charge < -0.3 is 4.74 Å². The molecule has 8 heteroatoms. The molecule has 0 aliphatic carbocycles. The zero-order chi connectivity index (χ0) is 14.8. The van der Waals surface area contributed by atoms with E-state index in [1.165, 1.54) is 24.5 Å². The van der Waals surface area contributed by atoms with Crippen molar-refractivity contribution in [1.29, 1.82) is 0 Å². The highest BCUT2D eigenvalue weighted by molar-refractivity contribution is 9.10. The van der Waals surface area contributed by atoms with Crippen molar-refractivity contribution in [1.82, 2.24) is 14.5 Å². The van der Waals surface area contributed by atoms with Crippen molar-refractivity contribution in [2.45, 2.75) is 11.4 Å². The van der Waals surface area contributed by atoms with Gasteiger partial charge in [-0.3, -0.25) is 5.10 Å². The van der Waals surface area contributed by atoms with Crippen molar-refractivity contribution in [2.24, 2.45) is 0 Å². The normalized spacial score (nSPS) is 11.8. The lowest BCUT2D eigenvalue weighted by Crippen LogP contribution is -2.26. The molecule has 20 heavy (non-hydrogen) atoms. The van der Waals surface area contributed by atoms with Gasteiger partial charge in [-0.1, -0.05) is 15.9 Å². The molecule has 0 atom stereocenters. The van der Waals surface area contributed by atoms with E-state index in [0.717, 1.165) is 5.56 Å². The van der Waals surface area contributed by atoms with Crippen LogP contribution in [-0.2, 0) is 16.6 Å². The Morgan fingerprint density at radius 1 is 1.45 bits per heavy atom. The van der Waals surface area contributed by atoms with Gasteiger partial charge in [0.2, 0.25) is 10.0 Å². The second kappa shape index (κ2) is 5.94. The first-order valence-corrected chi connectivity index (χ1v) is 7.96. The largest absolute Gasteiger partial charge is 0.495 e. The summed E-state index contributed by atoms with van der Waals surface area (Å²) in [7, 11) is -0.684. The van der Waals surface area contributed by atoms with E-state index in [-0.39, 0.29) is 11.4 Å². The third-order valence-electron chi connectivity index (χ3n) is 2.77. The van der Waals surface area contributed by atoms with E-state index in [2.05, 4.69) is 26.1 Å². The number of benzene rings is 1. The smallest absolute Gasteiger partial charge is 0.246 e. The summed E-state index contributed by atoms with van der Waals surface area (Å²) in [6, 6.07) is 4.87. The highest BCUT2D eigenvalue weighted by Gasteiger charge is 2.25. The van der Waals surface area contributed by atoms with Crippen molar-refractivity contribution in [3.05, 3.63) is 40.6 Å². The van der Waals surface area contributed by atoms with Crippen LogP contribution in [0.1, 0.15) is 5.56 Å². The van der Waals surface area contributed by atoms with Crippen LogP contribution >= 0.6 is 15.9 Å². The van der Waals surface area contributed by atoms with Crippen molar-refractivity contribution >= 4 is 26.0 Å². The maximum atomic E-state index is 12.6. The predicted molar refractivity (Wildman–Crippen MR) is 77.9 cm³/mol. The highest BCUT2D eigenvalue weighted by atomic mass is 79.9. The molecular weight excluding hydrogens is 346 g/mol. The number of halogens is 1. The fourth-order valence-corrected chi connectivity index (χ4v) is 3.58. The molecule has 0 radical (unpaired) electrons. The van der Waals surface area contributed by atoms with E-state index in [0.29, 0.717) is 10.2 Å². The number of sulfonamides is 1. The topological polar surface area (TPSA) is 75.3 Å². The van der Waals surface area contributed by atoms with Crippen LogP contribution in [0.3, 0.4) is 0 Å². The van der Waals surface area contributed by atoms with Gasteiger partial charge in [0.15, 0.2) is 0 Å². The Labute approximate surface area is 125 Å². The van der Waals surface area contributed by atoms with E-state index in [1.54, 1.807) is 24.5 Å². The molecule has 0 aliphatic heterocycles. The van der Waals surface area contributed by atoms with Gasteiger partial charge in [0.1, 0.15) is 10.6 Å².